The Morgan fingerprint density at radius 1 is 1.55 bits per heavy atom. The van der Waals surface area contributed by atoms with Crippen molar-refractivity contribution in [1.82, 2.24) is 0 Å². The molecule has 1 amide bonds. The second kappa shape index (κ2) is 2.21. The molecule has 62 valence electrons. The van der Waals surface area contributed by atoms with Crippen molar-refractivity contribution in [3.63, 3.8) is 0 Å². The lowest BCUT2D eigenvalue weighted by Crippen LogP contribution is -2.38. The fourth-order valence-electron chi connectivity index (χ4n) is 1.98. The van der Waals surface area contributed by atoms with Gasteiger partial charge in [-0.2, -0.15) is 0 Å². The second-order valence-corrected chi connectivity index (χ2v) is 3.66. The van der Waals surface area contributed by atoms with Gasteiger partial charge in [-0.05, 0) is 19.3 Å². The average molecular weight is 155 g/mol. The maximum absolute atomic E-state index is 11.0. The van der Waals surface area contributed by atoms with E-state index in [-0.39, 0.29) is 17.2 Å². The van der Waals surface area contributed by atoms with Gasteiger partial charge in [-0.1, -0.05) is 0 Å². The molecule has 0 aromatic carbocycles. The van der Waals surface area contributed by atoms with Gasteiger partial charge < -0.3 is 10.5 Å². The zero-order valence-electron chi connectivity index (χ0n) is 6.51. The predicted molar refractivity (Wildman–Crippen MR) is 39.8 cm³/mol. The Balaban J connectivity index is 2.10. The number of rotatable bonds is 1. The van der Waals surface area contributed by atoms with E-state index in [4.69, 9.17) is 10.5 Å². The summed E-state index contributed by atoms with van der Waals surface area (Å²) in [6.07, 6.45) is 3.08. The summed E-state index contributed by atoms with van der Waals surface area (Å²) in [6.45, 7) is 1.45. The summed E-state index contributed by atoms with van der Waals surface area (Å²) in [6, 6.07) is 0. The van der Waals surface area contributed by atoms with Crippen molar-refractivity contribution < 1.29 is 9.53 Å². The third-order valence-corrected chi connectivity index (χ3v) is 2.92. The fraction of sp³-hybridized carbons (Fsp3) is 0.875. The first-order valence-electron chi connectivity index (χ1n) is 4.12. The molecule has 0 radical (unpaired) electrons. The fourth-order valence-corrected chi connectivity index (χ4v) is 1.98. The van der Waals surface area contributed by atoms with Crippen LogP contribution < -0.4 is 5.73 Å². The van der Waals surface area contributed by atoms with E-state index in [1.54, 1.807) is 0 Å². The van der Waals surface area contributed by atoms with Crippen LogP contribution in [0.1, 0.15) is 19.3 Å². The molecule has 0 unspecified atom stereocenters. The van der Waals surface area contributed by atoms with E-state index in [1.807, 2.05) is 0 Å². The summed E-state index contributed by atoms with van der Waals surface area (Å²) >= 11 is 0. The molecule has 3 heteroatoms. The molecule has 2 N–H and O–H groups in total. The Kier molecular flexibility index (Phi) is 1.42. The molecule has 1 aliphatic heterocycles. The Morgan fingerprint density at radius 2 is 2.27 bits per heavy atom. The van der Waals surface area contributed by atoms with Crippen molar-refractivity contribution in [3.05, 3.63) is 0 Å². The number of carbonyl (C=O) groups is 1. The first-order valence-corrected chi connectivity index (χ1v) is 4.12. The van der Waals surface area contributed by atoms with Crippen LogP contribution in [0.25, 0.3) is 0 Å². The smallest absolute Gasteiger partial charge is 0.221 e. The summed E-state index contributed by atoms with van der Waals surface area (Å²) in [4.78, 5) is 11.0. The largest absolute Gasteiger partial charge is 0.381 e. The van der Waals surface area contributed by atoms with Crippen LogP contribution >= 0.6 is 0 Å². The van der Waals surface area contributed by atoms with E-state index in [9.17, 15) is 4.79 Å². The lowest BCUT2D eigenvalue weighted by molar-refractivity contribution is -0.129. The summed E-state index contributed by atoms with van der Waals surface area (Å²) < 4.78 is 5.32. The van der Waals surface area contributed by atoms with Crippen molar-refractivity contribution in [1.29, 1.82) is 0 Å². The standard InChI is InChI=1S/C8H13NO2/c9-7(10)6-1-4-11-5-8(6)2-3-8/h6H,1-5H2,(H2,9,10)/t6-/m0/s1. The van der Waals surface area contributed by atoms with Crippen LogP contribution in [0.4, 0.5) is 0 Å². The van der Waals surface area contributed by atoms with Crippen molar-refractivity contribution in [2.24, 2.45) is 17.1 Å². The van der Waals surface area contributed by atoms with Crippen LogP contribution in [0.3, 0.4) is 0 Å². The highest BCUT2D eigenvalue weighted by atomic mass is 16.5. The van der Waals surface area contributed by atoms with Gasteiger partial charge in [0.05, 0.1) is 6.61 Å². The molecule has 0 aromatic rings. The van der Waals surface area contributed by atoms with Crippen molar-refractivity contribution in [2.75, 3.05) is 13.2 Å². The van der Waals surface area contributed by atoms with Gasteiger partial charge in [-0.3, -0.25) is 4.79 Å². The van der Waals surface area contributed by atoms with Crippen LogP contribution in [0.5, 0.6) is 0 Å². The quantitative estimate of drug-likeness (QED) is 0.591. The molecule has 2 aliphatic rings. The monoisotopic (exact) mass is 155 g/mol. The molecule has 2 rings (SSSR count). The molecule has 3 nitrogen and oxygen atoms in total. The van der Waals surface area contributed by atoms with E-state index < -0.39 is 0 Å². The maximum atomic E-state index is 11.0. The number of ether oxygens (including phenoxy) is 1. The van der Waals surface area contributed by atoms with E-state index in [0.29, 0.717) is 6.61 Å². The normalized spacial score (nSPS) is 33.6. The molecule has 11 heavy (non-hydrogen) atoms. The summed E-state index contributed by atoms with van der Waals surface area (Å²) in [5.41, 5.74) is 5.46. The van der Waals surface area contributed by atoms with E-state index in [2.05, 4.69) is 0 Å². The van der Waals surface area contributed by atoms with Gasteiger partial charge in [0.2, 0.25) is 5.91 Å². The first kappa shape index (κ1) is 7.10. The third-order valence-electron chi connectivity index (χ3n) is 2.92. The van der Waals surface area contributed by atoms with Crippen LogP contribution in [0.2, 0.25) is 0 Å². The number of hydrogen-bond donors (Lipinski definition) is 1. The van der Waals surface area contributed by atoms with Gasteiger partial charge >= 0.3 is 0 Å². The minimum atomic E-state index is -0.134. The highest BCUT2D eigenvalue weighted by molar-refractivity contribution is 5.78. The van der Waals surface area contributed by atoms with Crippen molar-refractivity contribution >= 4 is 5.91 Å². The van der Waals surface area contributed by atoms with E-state index in [1.165, 1.54) is 0 Å². The van der Waals surface area contributed by atoms with Crippen LogP contribution in [0.15, 0.2) is 0 Å². The topological polar surface area (TPSA) is 52.3 Å². The second-order valence-electron chi connectivity index (χ2n) is 3.66. The summed E-state index contributed by atoms with van der Waals surface area (Å²) in [7, 11) is 0. The molecule has 0 aromatic heterocycles. The number of nitrogens with two attached hydrogens (primary N) is 1. The molecule has 0 bridgehead atoms. The zero-order valence-corrected chi connectivity index (χ0v) is 6.51. The number of hydrogen-bond acceptors (Lipinski definition) is 2. The SMILES string of the molecule is NC(=O)[C@@H]1CCOCC12CC2. The van der Waals surface area contributed by atoms with Gasteiger partial charge in [0.15, 0.2) is 0 Å². The molecule has 1 spiro atoms. The molecular formula is C8H13NO2. The van der Waals surface area contributed by atoms with Crippen LogP contribution in [-0.4, -0.2) is 19.1 Å². The third kappa shape index (κ3) is 1.03. The minimum Gasteiger partial charge on any atom is -0.381 e. The molecule has 2 fully saturated rings. The summed E-state index contributed by atoms with van der Waals surface area (Å²) in [5, 5.41) is 0. The van der Waals surface area contributed by atoms with E-state index >= 15 is 0 Å². The Labute approximate surface area is 65.9 Å². The minimum absolute atomic E-state index is 0.0937. The maximum Gasteiger partial charge on any atom is 0.221 e. The molecule has 1 heterocycles. The molecule has 1 saturated carbocycles. The number of primary amides is 1. The molecular weight excluding hydrogens is 142 g/mol. The van der Waals surface area contributed by atoms with Crippen LogP contribution in [-0.2, 0) is 9.53 Å². The van der Waals surface area contributed by atoms with Crippen molar-refractivity contribution in [2.45, 2.75) is 19.3 Å². The summed E-state index contributed by atoms with van der Waals surface area (Å²) in [5.74, 6) is -0.0398. The lowest BCUT2D eigenvalue weighted by Gasteiger charge is -2.28. The Bertz CT molecular complexity index is 187. The lowest BCUT2D eigenvalue weighted by atomic mass is 9.85. The Hall–Kier alpha value is -0.570. The number of amides is 1. The van der Waals surface area contributed by atoms with E-state index in [0.717, 1.165) is 25.9 Å². The average Bonchev–Trinajstić information content (AvgIpc) is 2.70. The van der Waals surface area contributed by atoms with Gasteiger partial charge in [0, 0.05) is 17.9 Å². The predicted octanol–water partition coefficient (Wildman–Crippen LogP) is 0.288. The zero-order chi connectivity index (χ0) is 7.90. The van der Waals surface area contributed by atoms with Gasteiger partial charge in [-0.15, -0.1) is 0 Å². The molecule has 1 atom stereocenters. The van der Waals surface area contributed by atoms with Crippen LogP contribution in [0, 0.1) is 11.3 Å². The van der Waals surface area contributed by atoms with Crippen molar-refractivity contribution in [3.8, 4) is 0 Å². The molecule has 1 saturated heterocycles. The highest BCUT2D eigenvalue weighted by Gasteiger charge is 2.53. The van der Waals surface area contributed by atoms with Gasteiger partial charge in [-0.25, -0.2) is 0 Å². The number of carbonyl (C=O) groups excluding carboxylic acids is 1. The Morgan fingerprint density at radius 3 is 2.73 bits per heavy atom. The van der Waals surface area contributed by atoms with Gasteiger partial charge in [0.25, 0.3) is 0 Å². The molecule has 1 aliphatic carbocycles. The van der Waals surface area contributed by atoms with Gasteiger partial charge in [0.1, 0.15) is 0 Å². The first-order chi connectivity index (χ1) is 5.25. The highest BCUT2D eigenvalue weighted by Crippen LogP contribution is 2.54.